The van der Waals surface area contributed by atoms with E-state index in [4.69, 9.17) is 0 Å². The first-order valence-corrected chi connectivity index (χ1v) is 5.11. The van der Waals surface area contributed by atoms with Gasteiger partial charge in [0.2, 0.25) is 0 Å². The van der Waals surface area contributed by atoms with Crippen molar-refractivity contribution in [3.63, 3.8) is 0 Å². The number of benzene rings is 1. The lowest BCUT2D eigenvalue weighted by Crippen LogP contribution is -1.90. The molecule has 2 rings (SSSR count). The fraction of sp³-hybridized carbons (Fsp3) is 0.0909. The van der Waals surface area contributed by atoms with Crippen LogP contribution in [0.25, 0.3) is 11.4 Å². The second-order valence-corrected chi connectivity index (χ2v) is 3.84. The molecule has 0 aliphatic heterocycles. The van der Waals surface area contributed by atoms with Gasteiger partial charge in [-0.3, -0.25) is 0 Å². The van der Waals surface area contributed by atoms with E-state index in [2.05, 4.69) is 32.8 Å². The number of nitrogens with zero attached hydrogens (tertiary/aromatic N) is 2. The molecule has 3 heteroatoms. The van der Waals surface area contributed by atoms with E-state index < -0.39 is 0 Å². The lowest BCUT2D eigenvalue weighted by Gasteiger charge is -2.04. The number of hydrogen-bond donors (Lipinski definition) is 0. The van der Waals surface area contributed by atoms with Crippen LogP contribution < -0.4 is 0 Å². The van der Waals surface area contributed by atoms with Gasteiger partial charge in [-0.1, -0.05) is 28.1 Å². The van der Waals surface area contributed by atoms with Crippen LogP contribution in [0.5, 0.6) is 0 Å². The van der Waals surface area contributed by atoms with Crippen LogP contribution in [0, 0.1) is 6.92 Å². The summed E-state index contributed by atoms with van der Waals surface area (Å²) >= 11 is 3.49. The summed E-state index contributed by atoms with van der Waals surface area (Å²) in [5.41, 5.74) is 2.23. The molecular formula is C11H9BrN2. The highest BCUT2D eigenvalue weighted by molar-refractivity contribution is 9.10. The van der Waals surface area contributed by atoms with Gasteiger partial charge in [-0.05, 0) is 24.6 Å². The van der Waals surface area contributed by atoms with Crippen molar-refractivity contribution < 1.29 is 0 Å². The largest absolute Gasteiger partial charge is 0.237 e. The van der Waals surface area contributed by atoms with Crippen LogP contribution in [0.15, 0.2) is 41.1 Å². The van der Waals surface area contributed by atoms with Crippen LogP contribution in [0.4, 0.5) is 0 Å². The zero-order chi connectivity index (χ0) is 9.97. The van der Waals surface area contributed by atoms with Gasteiger partial charge in [0.15, 0.2) is 5.82 Å². The molecule has 0 atom stereocenters. The number of halogens is 1. The topological polar surface area (TPSA) is 25.8 Å². The summed E-state index contributed by atoms with van der Waals surface area (Å²) < 4.78 is 1.09. The first-order chi connectivity index (χ1) is 6.79. The predicted octanol–water partition coefficient (Wildman–Crippen LogP) is 3.21. The van der Waals surface area contributed by atoms with Crippen LogP contribution in [0.2, 0.25) is 0 Å². The summed E-state index contributed by atoms with van der Waals surface area (Å²) in [6.45, 7) is 2.05. The monoisotopic (exact) mass is 248 g/mol. The van der Waals surface area contributed by atoms with Crippen LogP contribution in [0.1, 0.15) is 5.56 Å². The maximum absolute atomic E-state index is 4.22. The minimum Gasteiger partial charge on any atom is -0.237 e. The molecule has 70 valence electrons. The van der Waals surface area contributed by atoms with Crippen molar-refractivity contribution in [2.75, 3.05) is 0 Å². The molecule has 0 bridgehead atoms. The average Bonchev–Trinajstić information content (AvgIpc) is 2.23. The Balaban J connectivity index is 2.58. The Hall–Kier alpha value is -1.22. The minimum atomic E-state index is 0.770. The molecule has 0 saturated carbocycles. The average molecular weight is 249 g/mol. The molecule has 1 aromatic carbocycles. The molecule has 0 radical (unpaired) electrons. The normalized spacial score (nSPS) is 10.1. The van der Waals surface area contributed by atoms with Gasteiger partial charge < -0.3 is 0 Å². The van der Waals surface area contributed by atoms with Crippen LogP contribution >= 0.6 is 15.9 Å². The Morgan fingerprint density at radius 3 is 2.50 bits per heavy atom. The highest BCUT2D eigenvalue weighted by Crippen LogP contribution is 2.25. The van der Waals surface area contributed by atoms with Crippen molar-refractivity contribution in [3.05, 3.63) is 46.7 Å². The van der Waals surface area contributed by atoms with Crippen LogP contribution in [0.3, 0.4) is 0 Å². The summed E-state index contributed by atoms with van der Waals surface area (Å²) in [6, 6.07) is 7.84. The van der Waals surface area contributed by atoms with Crippen molar-refractivity contribution in [1.82, 2.24) is 9.97 Å². The lowest BCUT2D eigenvalue weighted by molar-refractivity contribution is 1.16. The van der Waals surface area contributed by atoms with Crippen molar-refractivity contribution in [3.8, 4) is 11.4 Å². The number of hydrogen-bond acceptors (Lipinski definition) is 2. The van der Waals surface area contributed by atoms with Crippen molar-refractivity contribution in [2.24, 2.45) is 0 Å². The van der Waals surface area contributed by atoms with Crippen molar-refractivity contribution in [1.29, 1.82) is 0 Å². The van der Waals surface area contributed by atoms with Gasteiger partial charge in [-0.25, -0.2) is 9.97 Å². The van der Waals surface area contributed by atoms with E-state index in [1.54, 1.807) is 12.4 Å². The summed E-state index contributed by atoms with van der Waals surface area (Å²) in [5.74, 6) is 0.770. The third-order valence-electron chi connectivity index (χ3n) is 2.07. The molecule has 0 saturated heterocycles. The van der Waals surface area contributed by atoms with Crippen LogP contribution in [-0.2, 0) is 0 Å². The van der Waals surface area contributed by atoms with Crippen molar-refractivity contribution in [2.45, 2.75) is 6.92 Å². The highest BCUT2D eigenvalue weighted by Gasteiger charge is 2.05. The van der Waals surface area contributed by atoms with E-state index in [0.717, 1.165) is 15.9 Å². The van der Waals surface area contributed by atoms with Gasteiger partial charge in [-0.15, -0.1) is 0 Å². The first-order valence-electron chi connectivity index (χ1n) is 4.31. The van der Waals surface area contributed by atoms with E-state index in [0.29, 0.717) is 0 Å². The molecule has 1 aromatic heterocycles. The van der Waals surface area contributed by atoms with Gasteiger partial charge in [0.1, 0.15) is 0 Å². The summed E-state index contributed by atoms with van der Waals surface area (Å²) in [6.07, 6.45) is 3.51. The maximum atomic E-state index is 4.22. The number of rotatable bonds is 1. The third-order valence-corrected chi connectivity index (χ3v) is 2.93. The SMILES string of the molecule is Cc1c(Br)cccc1-c1ncccn1. The zero-order valence-electron chi connectivity index (χ0n) is 7.74. The fourth-order valence-corrected chi connectivity index (χ4v) is 1.65. The first kappa shape index (κ1) is 9.34. The smallest absolute Gasteiger partial charge is 0.159 e. The van der Waals surface area contributed by atoms with Gasteiger partial charge >= 0.3 is 0 Å². The standard InChI is InChI=1S/C11H9BrN2/c1-8-9(4-2-5-10(8)12)11-13-6-3-7-14-11/h2-7H,1H3. The molecule has 2 nitrogen and oxygen atoms in total. The molecule has 0 N–H and O–H groups in total. The van der Waals surface area contributed by atoms with E-state index in [1.807, 2.05) is 24.3 Å². The maximum Gasteiger partial charge on any atom is 0.159 e. The van der Waals surface area contributed by atoms with E-state index >= 15 is 0 Å². The van der Waals surface area contributed by atoms with Gasteiger partial charge in [0.25, 0.3) is 0 Å². The molecular weight excluding hydrogens is 240 g/mol. The van der Waals surface area contributed by atoms with Gasteiger partial charge in [0, 0.05) is 22.4 Å². The third kappa shape index (κ3) is 1.68. The second kappa shape index (κ2) is 3.88. The quantitative estimate of drug-likeness (QED) is 0.775. The van der Waals surface area contributed by atoms with E-state index in [-0.39, 0.29) is 0 Å². The highest BCUT2D eigenvalue weighted by atomic mass is 79.9. The van der Waals surface area contributed by atoms with Crippen molar-refractivity contribution >= 4 is 15.9 Å². The molecule has 0 fully saturated rings. The Morgan fingerprint density at radius 2 is 1.79 bits per heavy atom. The fourth-order valence-electron chi connectivity index (χ4n) is 1.29. The molecule has 2 aromatic rings. The predicted molar refractivity (Wildman–Crippen MR) is 59.9 cm³/mol. The zero-order valence-corrected chi connectivity index (χ0v) is 9.32. The Labute approximate surface area is 91.2 Å². The molecule has 0 amide bonds. The molecule has 0 unspecified atom stereocenters. The summed E-state index contributed by atoms with van der Waals surface area (Å²) in [4.78, 5) is 8.44. The lowest BCUT2D eigenvalue weighted by atomic mass is 10.1. The van der Waals surface area contributed by atoms with Gasteiger partial charge in [-0.2, -0.15) is 0 Å². The van der Waals surface area contributed by atoms with Gasteiger partial charge in [0.05, 0.1) is 0 Å². The molecule has 0 aliphatic rings. The number of aromatic nitrogens is 2. The van der Waals surface area contributed by atoms with E-state index in [9.17, 15) is 0 Å². The van der Waals surface area contributed by atoms with Crippen LogP contribution in [-0.4, -0.2) is 9.97 Å². The molecule has 1 heterocycles. The minimum absolute atomic E-state index is 0.770. The molecule has 0 spiro atoms. The molecule has 14 heavy (non-hydrogen) atoms. The summed E-state index contributed by atoms with van der Waals surface area (Å²) in [5, 5.41) is 0. The Kier molecular flexibility index (Phi) is 2.59. The van der Waals surface area contributed by atoms with E-state index in [1.165, 1.54) is 5.56 Å². The summed E-state index contributed by atoms with van der Waals surface area (Å²) in [7, 11) is 0. The second-order valence-electron chi connectivity index (χ2n) is 2.98. The molecule has 0 aliphatic carbocycles. The Bertz CT molecular complexity index is 440. The Morgan fingerprint density at radius 1 is 1.07 bits per heavy atom.